The van der Waals surface area contributed by atoms with Gasteiger partial charge in [-0.2, -0.15) is 0 Å². The summed E-state index contributed by atoms with van der Waals surface area (Å²) in [5.74, 6) is 0. The quantitative estimate of drug-likeness (QED) is 0.797. The summed E-state index contributed by atoms with van der Waals surface area (Å²) in [6.45, 7) is 9.69. The van der Waals surface area contributed by atoms with Crippen molar-refractivity contribution >= 4 is 28.3 Å². The molecule has 3 rings (SSSR count). The number of rotatable bonds is 5. The molecule has 0 saturated carbocycles. The van der Waals surface area contributed by atoms with Crippen molar-refractivity contribution in [3.63, 3.8) is 0 Å². The van der Waals surface area contributed by atoms with E-state index >= 15 is 0 Å². The summed E-state index contributed by atoms with van der Waals surface area (Å²) in [5, 5.41) is 0. The van der Waals surface area contributed by atoms with Crippen molar-refractivity contribution in [1.29, 1.82) is 0 Å². The van der Waals surface area contributed by atoms with Crippen molar-refractivity contribution < 1.29 is 17.7 Å². The van der Waals surface area contributed by atoms with Gasteiger partial charge in [0.15, 0.2) is 0 Å². The van der Waals surface area contributed by atoms with Gasteiger partial charge in [-0.05, 0) is 52.3 Å². The number of benzene rings is 1. The second-order valence-corrected chi connectivity index (χ2v) is 9.28. The summed E-state index contributed by atoms with van der Waals surface area (Å²) < 4.78 is 40.6. The lowest BCUT2D eigenvalue weighted by Crippen LogP contribution is -2.41. The van der Waals surface area contributed by atoms with Gasteiger partial charge in [-0.15, -0.1) is 0 Å². The average molecular weight is 388 g/mol. The van der Waals surface area contributed by atoms with Crippen molar-refractivity contribution in [2.75, 3.05) is 4.72 Å². The zero-order valence-corrected chi connectivity index (χ0v) is 17.1. The highest BCUT2D eigenvalue weighted by atomic mass is 32.2. The molecule has 0 spiro atoms. The van der Waals surface area contributed by atoms with E-state index in [-0.39, 0.29) is 4.90 Å². The highest BCUT2D eigenvalue weighted by Gasteiger charge is 2.52. The van der Waals surface area contributed by atoms with E-state index in [0.29, 0.717) is 23.3 Å². The van der Waals surface area contributed by atoms with Crippen molar-refractivity contribution in [1.82, 2.24) is 4.98 Å². The molecule has 0 amide bonds. The fourth-order valence-corrected chi connectivity index (χ4v) is 4.17. The lowest BCUT2D eigenvalue weighted by Gasteiger charge is -2.32. The van der Waals surface area contributed by atoms with E-state index in [9.17, 15) is 8.42 Å². The first kappa shape index (κ1) is 19.9. The molecule has 1 aliphatic rings. The topological polar surface area (TPSA) is 77.5 Å². The number of nitrogens with zero attached hydrogens (tertiary/aromatic N) is 1. The number of hydrogen-bond donors (Lipinski definition) is 1. The molecule has 0 aliphatic carbocycles. The van der Waals surface area contributed by atoms with E-state index in [2.05, 4.69) is 9.71 Å². The summed E-state index contributed by atoms with van der Waals surface area (Å²) in [6.07, 6.45) is 2.12. The van der Waals surface area contributed by atoms with E-state index in [1.807, 2.05) is 40.7 Å². The molecule has 8 heteroatoms. The average Bonchev–Trinajstić information content (AvgIpc) is 2.82. The van der Waals surface area contributed by atoms with Crippen LogP contribution in [0.3, 0.4) is 0 Å². The van der Waals surface area contributed by atoms with Gasteiger partial charge in [0, 0.05) is 17.3 Å². The van der Waals surface area contributed by atoms with Crippen LogP contribution in [0, 0.1) is 0 Å². The number of aromatic nitrogens is 1. The molecule has 6 nitrogen and oxygen atoms in total. The number of nitrogens with one attached hydrogen (secondary N) is 1. The first-order valence-electron chi connectivity index (χ1n) is 8.98. The van der Waals surface area contributed by atoms with Crippen LogP contribution in [0.5, 0.6) is 0 Å². The van der Waals surface area contributed by atoms with E-state index in [4.69, 9.17) is 9.31 Å². The van der Waals surface area contributed by atoms with Gasteiger partial charge < -0.3 is 9.31 Å². The molecule has 2 heterocycles. The molecule has 0 bridgehead atoms. The maximum Gasteiger partial charge on any atom is 0.496 e. The number of sulfonamides is 1. The van der Waals surface area contributed by atoms with Crippen LogP contribution in [0.1, 0.15) is 40.3 Å². The van der Waals surface area contributed by atoms with Crippen molar-refractivity contribution in [2.45, 2.75) is 57.1 Å². The molecule has 1 aromatic heterocycles. The molecule has 0 atom stereocenters. The van der Waals surface area contributed by atoms with Gasteiger partial charge in [0.1, 0.15) is 4.90 Å². The summed E-state index contributed by atoms with van der Waals surface area (Å²) in [4.78, 5) is 4.51. The summed E-state index contributed by atoms with van der Waals surface area (Å²) in [5.41, 5.74) is 0.559. The van der Waals surface area contributed by atoms with Crippen LogP contribution >= 0.6 is 0 Å². The predicted octanol–water partition coefficient (Wildman–Crippen LogP) is 2.74. The third kappa shape index (κ3) is 3.88. The zero-order chi connectivity index (χ0) is 19.9. The van der Waals surface area contributed by atoms with Crippen LogP contribution in [-0.4, -0.2) is 31.7 Å². The highest BCUT2D eigenvalue weighted by molar-refractivity contribution is 7.92. The van der Waals surface area contributed by atoms with Crippen LogP contribution in [0.2, 0.25) is 0 Å². The Hall–Kier alpha value is -1.90. The minimum absolute atomic E-state index is 0.140. The minimum atomic E-state index is -3.79. The zero-order valence-electron chi connectivity index (χ0n) is 16.3. The fourth-order valence-electron chi connectivity index (χ4n) is 2.81. The first-order valence-corrected chi connectivity index (χ1v) is 10.5. The molecule has 1 aliphatic heterocycles. The molecular formula is C19H25BN2O4S. The van der Waals surface area contributed by atoms with Gasteiger partial charge in [-0.3, -0.25) is 9.71 Å². The van der Waals surface area contributed by atoms with Crippen molar-refractivity contribution in [3.8, 4) is 0 Å². The molecule has 1 saturated heterocycles. The standard InChI is InChI=1S/C19H25BN2O4S/c1-6-16-17(27(23,24)22-15-10-8-7-9-11-15)12-14(13-21-16)20-25-18(2,3)19(4,5)26-20/h7-13,22H,6H2,1-5H3. The fraction of sp³-hybridized carbons (Fsp3) is 0.421. The minimum Gasteiger partial charge on any atom is -0.399 e. The molecule has 0 radical (unpaired) electrons. The molecule has 0 unspecified atom stereocenters. The Morgan fingerprint density at radius 1 is 1.07 bits per heavy atom. The van der Waals surface area contributed by atoms with E-state index < -0.39 is 28.3 Å². The summed E-state index contributed by atoms with van der Waals surface area (Å²) >= 11 is 0. The summed E-state index contributed by atoms with van der Waals surface area (Å²) in [7, 11) is -4.46. The Kier molecular flexibility index (Phi) is 5.09. The summed E-state index contributed by atoms with van der Waals surface area (Å²) in [6, 6.07) is 10.4. The Bertz CT molecular complexity index is 914. The van der Waals surface area contributed by atoms with E-state index in [1.165, 1.54) is 0 Å². The number of hydrogen-bond acceptors (Lipinski definition) is 5. The number of aryl methyl sites for hydroxylation is 1. The number of pyridine rings is 1. The molecular weight excluding hydrogens is 363 g/mol. The maximum atomic E-state index is 13.0. The highest BCUT2D eigenvalue weighted by Crippen LogP contribution is 2.36. The van der Waals surface area contributed by atoms with Gasteiger partial charge in [0.25, 0.3) is 10.0 Å². The largest absolute Gasteiger partial charge is 0.496 e. The molecule has 27 heavy (non-hydrogen) atoms. The first-order chi connectivity index (χ1) is 12.6. The molecule has 1 N–H and O–H groups in total. The normalized spacial score (nSPS) is 18.5. The van der Waals surface area contributed by atoms with Gasteiger partial charge in [-0.1, -0.05) is 25.1 Å². The molecule has 1 aromatic carbocycles. The predicted molar refractivity (Wildman–Crippen MR) is 107 cm³/mol. The molecule has 1 fully saturated rings. The second-order valence-electron chi connectivity index (χ2n) is 7.63. The molecule has 2 aromatic rings. The Balaban J connectivity index is 1.98. The van der Waals surface area contributed by atoms with Gasteiger partial charge >= 0.3 is 7.12 Å². The second kappa shape index (κ2) is 6.93. The van der Waals surface area contributed by atoms with E-state index in [0.717, 1.165) is 0 Å². The Morgan fingerprint density at radius 3 is 2.22 bits per heavy atom. The van der Waals surface area contributed by atoms with Crippen LogP contribution in [0.15, 0.2) is 47.5 Å². The Morgan fingerprint density at radius 2 is 1.67 bits per heavy atom. The number of anilines is 1. The monoisotopic (exact) mass is 388 g/mol. The van der Waals surface area contributed by atoms with Crippen LogP contribution in [0.4, 0.5) is 5.69 Å². The lowest BCUT2D eigenvalue weighted by molar-refractivity contribution is 0.00578. The lowest BCUT2D eigenvalue weighted by atomic mass is 9.80. The van der Waals surface area contributed by atoms with Gasteiger partial charge in [0.2, 0.25) is 0 Å². The maximum absolute atomic E-state index is 13.0. The van der Waals surface area contributed by atoms with Crippen LogP contribution in [0.25, 0.3) is 0 Å². The smallest absolute Gasteiger partial charge is 0.399 e. The third-order valence-electron chi connectivity index (χ3n) is 5.13. The van der Waals surface area contributed by atoms with Gasteiger partial charge in [-0.25, -0.2) is 8.42 Å². The van der Waals surface area contributed by atoms with Crippen LogP contribution in [-0.2, 0) is 25.8 Å². The van der Waals surface area contributed by atoms with Crippen molar-refractivity contribution in [2.24, 2.45) is 0 Å². The third-order valence-corrected chi connectivity index (χ3v) is 6.56. The molecule has 144 valence electrons. The van der Waals surface area contributed by atoms with Gasteiger partial charge in [0.05, 0.1) is 16.9 Å². The van der Waals surface area contributed by atoms with E-state index in [1.54, 1.807) is 36.5 Å². The van der Waals surface area contributed by atoms with Crippen LogP contribution < -0.4 is 10.2 Å². The number of para-hydroxylation sites is 1. The Labute approximate surface area is 161 Å². The van der Waals surface area contributed by atoms with Crippen molar-refractivity contribution in [3.05, 3.63) is 48.3 Å². The SMILES string of the molecule is CCc1ncc(B2OC(C)(C)C(C)(C)O2)cc1S(=O)(=O)Nc1ccccc1.